The van der Waals surface area contributed by atoms with Gasteiger partial charge in [0.1, 0.15) is 0 Å². The molecule has 2 heteroatoms. The van der Waals surface area contributed by atoms with Gasteiger partial charge in [-0.05, 0) is 43.0 Å². The maximum Gasteiger partial charge on any atom is 0.0177 e. The van der Waals surface area contributed by atoms with E-state index >= 15 is 0 Å². The van der Waals surface area contributed by atoms with E-state index in [0.29, 0.717) is 5.92 Å². The number of halogens is 1. The Balaban J connectivity index is 2.57. The Kier molecular flexibility index (Phi) is 5.20. The van der Waals surface area contributed by atoms with Crippen LogP contribution in [0.2, 0.25) is 0 Å². The third-order valence-corrected chi connectivity index (χ3v) is 2.94. The zero-order valence-electron chi connectivity index (χ0n) is 8.67. The maximum atomic E-state index is 5.73. The molecule has 0 radical (unpaired) electrons. The van der Waals surface area contributed by atoms with Crippen LogP contribution in [0.25, 0.3) is 0 Å². The summed E-state index contributed by atoms with van der Waals surface area (Å²) in [7, 11) is 0. The van der Waals surface area contributed by atoms with Gasteiger partial charge >= 0.3 is 0 Å². The average molecular weight is 256 g/mol. The van der Waals surface area contributed by atoms with Crippen LogP contribution in [0.4, 0.5) is 0 Å². The zero-order valence-corrected chi connectivity index (χ0v) is 10.3. The summed E-state index contributed by atoms with van der Waals surface area (Å²) in [5.74, 6) is 0.634. The first-order valence-electron chi connectivity index (χ1n) is 5.20. The first-order valence-corrected chi connectivity index (χ1v) is 6.00. The molecule has 0 amide bonds. The van der Waals surface area contributed by atoms with Crippen molar-refractivity contribution in [3.05, 3.63) is 34.3 Å². The molecule has 0 aliphatic rings. The normalized spacial score (nSPS) is 12.8. The van der Waals surface area contributed by atoms with E-state index in [9.17, 15) is 0 Å². The Morgan fingerprint density at radius 2 is 2.21 bits per heavy atom. The Morgan fingerprint density at radius 1 is 1.43 bits per heavy atom. The Bertz CT molecular complexity index is 273. The smallest absolute Gasteiger partial charge is 0.0177 e. The molecule has 1 rings (SSSR count). The lowest BCUT2D eigenvalue weighted by Crippen LogP contribution is -2.16. The van der Waals surface area contributed by atoms with Gasteiger partial charge in [0.05, 0.1) is 0 Å². The second-order valence-electron chi connectivity index (χ2n) is 3.72. The minimum absolute atomic E-state index is 0.634. The summed E-state index contributed by atoms with van der Waals surface area (Å²) in [6.07, 6.45) is 3.54. The highest BCUT2D eigenvalue weighted by atomic mass is 79.9. The Labute approximate surface area is 94.8 Å². The molecule has 1 aromatic carbocycles. The van der Waals surface area contributed by atoms with Crippen LogP contribution in [0.5, 0.6) is 0 Å². The minimum atomic E-state index is 0.634. The van der Waals surface area contributed by atoms with E-state index in [1.54, 1.807) is 0 Å². The lowest BCUT2D eigenvalue weighted by Gasteiger charge is -2.13. The van der Waals surface area contributed by atoms with E-state index in [4.69, 9.17) is 5.73 Å². The minimum Gasteiger partial charge on any atom is -0.330 e. The Morgan fingerprint density at radius 3 is 2.79 bits per heavy atom. The van der Waals surface area contributed by atoms with Crippen molar-refractivity contribution >= 4 is 15.9 Å². The highest BCUT2D eigenvalue weighted by Crippen LogP contribution is 2.17. The van der Waals surface area contributed by atoms with Crippen LogP contribution in [0.1, 0.15) is 25.3 Å². The quantitative estimate of drug-likeness (QED) is 0.858. The van der Waals surface area contributed by atoms with Crippen LogP contribution in [0.15, 0.2) is 28.7 Å². The fourth-order valence-electron chi connectivity index (χ4n) is 1.71. The van der Waals surface area contributed by atoms with E-state index in [2.05, 4.69) is 47.1 Å². The van der Waals surface area contributed by atoms with Gasteiger partial charge < -0.3 is 5.73 Å². The molecular formula is C12H18BrN. The number of rotatable bonds is 5. The van der Waals surface area contributed by atoms with Crippen LogP contribution < -0.4 is 5.73 Å². The molecule has 78 valence electrons. The Hall–Kier alpha value is -0.340. The van der Waals surface area contributed by atoms with Crippen molar-refractivity contribution in [3.63, 3.8) is 0 Å². The summed E-state index contributed by atoms with van der Waals surface area (Å²) in [5.41, 5.74) is 7.11. The molecule has 0 saturated heterocycles. The first-order chi connectivity index (χ1) is 6.76. The van der Waals surface area contributed by atoms with Gasteiger partial charge in [-0.15, -0.1) is 0 Å². The van der Waals surface area contributed by atoms with E-state index in [1.807, 2.05) is 0 Å². The molecule has 0 aliphatic heterocycles. The molecule has 1 nitrogen and oxygen atoms in total. The molecule has 1 unspecified atom stereocenters. The molecule has 1 atom stereocenters. The molecule has 14 heavy (non-hydrogen) atoms. The summed E-state index contributed by atoms with van der Waals surface area (Å²) >= 11 is 3.48. The maximum absolute atomic E-state index is 5.73. The van der Waals surface area contributed by atoms with Crippen LogP contribution in [-0.4, -0.2) is 6.54 Å². The summed E-state index contributed by atoms with van der Waals surface area (Å²) in [6.45, 7) is 3.00. The van der Waals surface area contributed by atoms with Crippen molar-refractivity contribution in [2.75, 3.05) is 6.54 Å². The number of hydrogen-bond acceptors (Lipinski definition) is 1. The SMILES string of the molecule is CCCC(CN)Cc1cccc(Br)c1. The van der Waals surface area contributed by atoms with Crippen LogP contribution >= 0.6 is 15.9 Å². The van der Waals surface area contributed by atoms with E-state index < -0.39 is 0 Å². The highest BCUT2D eigenvalue weighted by molar-refractivity contribution is 9.10. The molecule has 0 saturated carbocycles. The van der Waals surface area contributed by atoms with Gasteiger partial charge in [0, 0.05) is 4.47 Å². The van der Waals surface area contributed by atoms with Gasteiger partial charge in [0.15, 0.2) is 0 Å². The van der Waals surface area contributed by atoms with Gasteiger partial charge in [-0.1, -0.05) is 41.4 Å². The fraction of sp³-hybridized carbons (Fsp3) is 0.500. The van der Waals surface area contributed by atoms with Crippen molar-refractivity contribution in [3.8, 4) is 0 Å². The van der Waals surface area contributed by atoms with Gasteiger partial charge in [0.25, 0.3) is 0 Å². The third-order valence-electron chi connectivity index (χ3n) is 2.44. The lowest BCUT2D eigenvalue weighted by atomic mass is 9.95. The molecule has 0 aromatic heterocycles. The van der Waals surface area contributed by atoms with E-state index in [1.165, 1.54) is 18.4 Å². The van der Waals surface area contributed by atoms with Crippen molar-refractivity contribution in [1.82, 2.24) is 0 Å². The molecule has 0 spiro atoms. The van der Waals surface area contributed by atoms with Crippen LogP contribution in [0.3, 0.4) is 0 Å². The van der Waals surface area contributed by atoms with Crippen molar-refractivity contribution in [1.29, 1.82) is 0 Å². The molecular weight excluding hydrogens is 238 g/mol. The summed E-state index contributed by atoms with van der Waals surface area (Å²) < 4.78 is 1.15. The monoisotopic (exact) mass is 255 g/mol. The average Bonchev–Trinajstić information content (AvgIpc) is 2.17. The van der Waals surface area contributed by atoms with E-state index in [0.717, 1.165) is 17.4 Å². The topological polar surface area (TPSA) is 26.0 Å². The summed E-state index contributed by atoms with van der Waals surface area (Å²) in [4.78, 5) is 0. The second-order valence-corrected chi connectivity index (χ2v) is 4.64. The zero-order chi connectivity index (χ0) is 10.4. The third kappa shape index (κ3) is 3.81. The number of nitrogens with two attached hydrogens (primary N) is 1. The molecule has 1 aromatic rings. The molecule has 2 N–H and O–H groups in total. The van der Waals surface area contributed by atoms with Gasteiger partial charge in [0.2, 0.25) is 0 Å². The van der Waals surface area contributed by atoms with Crippen molar-refractivity contribution in [2.45, 2.75) is 26.2 Å². The number of benzene rings is 1. The van der Waals surface area contributed by atoms with Gasteiger partial charge in [-0.2, -0.15) is 0 Å². The van der Waals surface area contributed by atoms with Gasteiger partial charge in [-0.3, -0.25) is 0 Å². The van der Waals surface area contributed by atoms with E-state index in [-0.39, 0.29) is 0 Å². The fourth-order valence-corrected chi connectivity index (χ4v) is 2.16. The predicted molar refractivity (Wildman–Crippen MR) is 65.3 cm³/mol. The molecule has 0 heterocycles. The van der Waals surface area contributed by atoms with Gasteiger partial charge in [-0.25, -0.2) is 0 Å². The van der Waals surface area contributed by atoms with Crippen molar-refractivity contribution < 1.29 is 0 Å². The summed E-state index contributed by atoms with van der Waals surface area (Å²) in [6, 6.07) is 8.49. The van der Waals surface area contributed by atoms with Crippen LogP contribution in [0, 0.1) is 5.92 Å². The lowest BCUT2D eigenvalue weighted by molar-refractivity contribution is 0.487. The number of hydrogen-bond donors (Lipinski definition) is 1. The molecule has 0 fully saturated rings. The molecule has 0 bridgehead atoms. The second kappa shape index (κ2) is 6.20. The van der Waals surface area contributed by atoms with Crippen LogP contribution in [-0.2, 0) is 6.42 Å². The molecule has 0 aliphatic carbocycles. The first kappa shape index (κ1) is 11.7. The highest BCUT2D eigenvalue weighted by Gasteiger charge is 2.06. The summed E-state index contributed by atoms with van der Waals surface area (Å²) in [5, 5.41) is 0. The van der Waals surface area contributed by atoms with Crippen molar-refractivity contribution in [2.24, 2.45) is 11.7 Å². The standard InChI is InChI=1S/C12H18BrN/c1-2-4-11(9-14)7-10-5-3-6-12(13)8-10/h3,5-6,8,11H,2,4,7,9,14H2,1H3. The largest absolute Gasteiger partial charge is 0.330 e. The predicted octanol–water partition coefficient (Wildman–Crippen LogP) is 3.37.